The normalized spacial score (nSPS) is 11.7. The Kier molecular flexibility index (Phi) is 4.79. The van der Waals surface area contributed by atoms with Crippen LogP contribution in [0.15, 0.2) is 17.0 Å². The molecule has 0 bridgehead atoms. The van der Waals surface area contributed by atoms with Gasteiger partial charge in [-0.05, 0) is 30.9 Å². The molecule has 0 fully saturated rings. The summed E-state index contributed by atoms with van der Waals surface area (Å²) in [5.41, 5.74) is 5.54. The van der Waals surface area contributed by atoms with Crippen LogP contribution in [-0.4, -0.2) is 27.0 Å². The molecule has 0 unspecified atom stereocenters. The minimum absolute atomic E-state index is 0.0255. The standard InChI is InChI=1S/C10H15FN2O2S2/c1-7-5-8(11)9(12)6-10(7)17(14,15)13-3-4-16-2/h5-6,13H,3-4,12H2,1-2H3. The summed E-state index contributed by atoms with van der Waals surface area (Å²) in [7, 11) is -3.61. The lowest BCUT2D eigenvalue weighted by molar-refractivity contribution is 0.582. The molecule has 0 amide bonds. The Bertz CT molecular complexity index is 503. The highest BCUT2D eigenvalue weighted by Crippen LogP contribution is 2.21. The van der Waals surface area contributed by atoms with Gasteiger partial charge >= 0.3 is 0 Å². The second-order valence-electron chi connectivity index (χ2n) is 3.53. The summed E-state index contributed by atoms with van der Waals surface area (Å²) in [6.45, 7) is 1.87. The molecule has 1 rings (SSSR count). The number of aryl methyl sites for hydroxylation is 1. The third kappa shape index (κ3) is 3.58. The van der Waals surface area contributed by atoms with Crippen molar-refractivity contribution in [3.05, 3.63) is 23.5 Å². The van der Waals surface area contributed by atoms with E-state index in [1.54, 1.807) is 0 Å². The van der Waals surface area contributed by atoms with Crippen LogP contribution < -0.4 is 10.5 Å². The largest absolute Gasteiger partial charge is 0.396 e. The topological polar surface area (TPSA) is 72.2 Å². The van der Waals surface area contributed by atoms with Crippen LogP contribution in [0.4, 0.5) is 10.1 Å². The van der Waals surface area contributed by atoms with Gasteiger partial charge in [0.1, 0.15) is 5.82 Å². The van der Waals surface area contributed by atoms with Crippen LogP contribution in [0.2, 0.25) is 0 Å². The van der Waals surface area contributed by atoms with Gasteiger partial charge in [0.15, 0.2) is 0 Å². The number of halogens is 1. The zero-order valence-electron chi connectivity index (χ0n) is 9.66. The molecular weight excluding hydrogens is 263 g/mol. The summed E-state index contributed by atoms with van der Waals surface area (Å²) in [5, 5.41) is 0. The summed E-state index contributed by atoms with van der Waals surface area (Å²) in [6, 6.07) is 2.27. The molecule has 0 atom stereocenters. The maximum atomic E-state index is 13.1. The van der Waals surface area contributed by atoms with Crippen molar-refractivity contribution in [1.29, 1.82) is 0 Å². The zero-order valence-corrected chi connectivity index (χ0v) is 11.3. The number of hydrogen-bond acceptors (Lipinski definition) is 4. The fourth-order valence-corrected chi connectivity index (χ4v) is 3.04. The number of thioether (sulfide) groups is 1. The molecule has 0 aliphatic rings. The average molecular weight is 278 g/mol. The second kappa shape index (κ2) is 5.70. The summed E-state index contributed by atoms with van der Waals surface area (Å²) in [4.78, 5) is 0.0255. The number of nitrogens with two attached hydrogens (primary N) is 1. The predicted molar refractivity (Wildman–Crippen MR) is 69.1 cm³/mol. The molecule has 7 heteroatoms. The Morgan fingerprint density at radius 3 is 2.71 bits per heavy atom. The van der Waals surface area contributed by atoms with Gasteiger partial charge in [-0.2, -0.15) is 11.8 Å². The Labute approximate surface area is 105 Å². The monoisotopic (exact) mass is 278 g/mol. The fraction of sp³-hybridized carbons (Fsp3) is 0.400. The van der Waals surface area contributed by atoms with E-state index in [2.05, 4.69) is 4.72 Å². The molecule has 0 spiro atoms. The van der Waals surface area contributed by atoms with Crippen molar-refractivity contribution in [2.45, 2.75) is 11.8 Å². The van der Waals surface area contributed by atoms with Crippen LogP contribution in [0, 0.1) is 12.7 Å². The van der Waals surface area contributed by atoms with Gasteiger partial charge in [-0.1, -0.05) is 0 Å². The van der Waals surface area contributed by atoms with Crippen molar-refractivity contribution in [2.75, 3.05) is 24.3 Å². The first-order chi connectivity index (χ1) is 7.88. The highest BCUT2D eigenvalue weighted by Gasteiger charge is 2.18. The van der Waals surface area contributed by atoms with Gasteiger partial charge in [0, 0.05) is 12.3 Å². The van der Waals surface area contributed by atoms with E-state index in [1.807, 2.05) is 6.26 Å². The van der Waals surface area contributed by atoms with E-state index < -0.39 is 15.8 Å². The third-order valence-electron chi connectivity index (χ3n) is 2.18. The van der Waals surface area contributed by atoms with Gasteiger partial charge < -0.3 is 5.73 Å². The number of nitrogens with one attached hydrogen (secondary N) is 1. The van der Waals surface area contributed by atoms with Crippen molar-refractivity contribution in [1.82, 2.24) is 4.72 Å². The van der Waals surface area contributed by atoms with Gasteiger partial charge in [0.05, 0.1) is 10.6 Å². The van der Waals surface area contributed by atoms with E-state index in [9.17, 15) is 12.8 Å². The quantitative estimate of drug-likeness (QED) is 0.630. The lowest BCUT2D eigenvalue weighted by Gasteiger charge is -2.10. The molecule has 0 aromatic heterocycles. The van der Waals surface area contributed by atoms with Gasteiger partial charge in [-0.3, -0.25) is 0 Å². The molecule has 3 N–H and O–H groups in total. The number of anilines is 1. The lowest BCUT2D eigenvalue weighted by atomic mass is 10.2. The Morgan fingerprint density at radius 1 is 1.47 bits per heavy atom. The summed E-state index contributed by atoms with van der Waals surface area (Å²) < 4.78 is 39.3. The van der Waals surface area contributed by atoms with Crippen LogP contribution in [0.3, 0.4) is 0 Å². The maximum absolute atomic E-state index is 13.1. The molecule has 0 saturated carbocycles. The summed E-state index contributed by atoms with van der Waals surface area (Å²) >= 11 is 1.54. The number of rotatable bonds is 5. The number of nitrogen functional groups attached to an aromatic ring is 1. The molecule has 17 heavy (non-hydrogen) atoms. The van der Waals surface area contributed by atoms with Gasteiger partial charge in [0.2, 0.25) is 10.0 Å². The molecule has 0 radical (unpaired) electrons. The maximum Gasteiger partial charge on any atom is 0.240 e. The summed E-state index contributed by atoms with van der Waals surface area (Å²) in [6.07, 6.45) is 1.88. The van der Waals surface area contributed by atoms with E-state index in [1.165, 1.54) is 18.7 Å². The van der Waals surface area contributed by atoms with E-state index in [0.29, 0.717) is 17.9 Å². The van der Waals surface area contributed by atoms with Gasteiger partial charge in [-0.25, -0.2) is 17.5 Å². The van der Waals surface area contributed by atoms with Crippen LogP contribution in [-0.2, 0) is 10.0 Å². The van der Waals surface area contributed by atoms with Crippen molar-refractivity contribution >= 4 is 27.5 Å². The first-order valence-corrected chi connectivity index (χ1v) is 7.80. The molecule has 0 aliphatic heterocycles. The number of benzene rings is 1. The summed E-state index contributed by atoms with van der Waals surface area (Å²) in [5.74, 6) is 0.0696. The van der Waals surface area contributed by atoms with Crippen LogP contribution in [0.1, 0.15) is 5.56 Å². The van der Waals surface area contributed by atoms with E-state index in [-0.39, 0.29) is 10.6 Å². The highest BCUT2D eigenvalue weighted by atomic mass is 32.2. The molecule has 0 saturated heterocycles. The van der Waals surface area contributed by atoms with Gasteiger partial charge in [-0.15, -0.1) is 0 Å². The number of sulfonamides is 1. The van der Waals surface area contributed by atoms with Crippen LogP contribution in [0.5, 0.6) is 0 Å². The fourth-order valence-electron chi connectivity index (χ4n) is 1.31. The van der Waals surface area contributed by atoms with Crippen LogP contribution in [0.25, 0.3) is 0 Å². The smallest absolute Gasteiger partial charge is 0.240 e. The molecule has 1 aromatic carbocycles. The second-order valence-corrected chi connectivity index (χ2v) is 6.25. The molecular formula is C10H15FN2O2S2. The third-order valence-corrected chi connectivity index (χ3v) is 4.40. The van der Waals surface area contributed by atoms with Crippen LogP contribution >= 0.6 is 11.8 Å². The van der Waals surface area contributed by atoms with E-state index in [4.69, 9.17) is 5.73 Å². The first kappa shape index (κ1) is 14.3. The molecule has 4 nitrogen and oxygen atoms in total. The average Bonchev–Trinajstić information content (AvgIpc) is 2.23. The molecule has 0 aliphatic carbocycles. The Hall–Kier alpha value is -0.790. The van der Waals surface area contributed by atoms with E-state index in [0.717, 1.165) is 12.1 Å². The minimum atomic E-state index is -3.61. The molecule has 96 valence electrons. The van der Waals surface area contributed by atoms with Crippen molar-refractivity contribution in [3.63, 3.8) is 0 Å². The Morgan fingerprint density at radius 2 is 2.12 bits per heavy atom. The van der Waals surface area contributed by atoms with Crippen molar-refractivity contribution in [3.8, 4) is 0 Å². The zero-order chi connectivity index (χ0) is 13.1. The van der Waals surface area contributed by atoms with Crippen molar-refractivity contribution in [2.24, 2.45) is 0 Å². The minimum Gasteiger partial charge on any atom is -0.396 e. The SMILES string of the molecule is CSCCNS(=O)(=O)c1cc(N)c(F)cc1C. The van der Waals surface area contributed by atoms with Crippen molar-refractivity contribution < 1.29 is 12.8 Å². The Balaban J connectivity index is 3.03. The molecule has 1 aromatic rings. The molecule has 0 heterocycles. The first-order valence-electron chi connectivity index (χ1n) is 4.92. The predicted octanol–water partition coefficient (Wildman–Crippen LogP) is 1.36. The van der Waals surface area contributed by atoms with Gasteiger partial charge in [0.25, 0.3) is 0 Å². The van der Waals surface area contributed by atoms with E-state index >= 15 is 0 Å². The number of hydrogen-bond donors (Lipinski definition) is 2. The highest BCUT2D eigenvalue weighted by molar-refractivity contribution is 7.98. The lowest BCUT2D eigenvalue weighted by Crippen LogP contribution is -2.26.